The van der Waals surface area contributed by atoms with Crippen molar-refractivity contribution in [2.24, 2.45) is 5.73 Å². The molecule has 2 heterocycles. The summed E-state index contributed by atoms with van der Waals surface area (Å²) in [6.07, 6.45) is 0. The van der Waals surface area contributed by atoms with Crippen LogP contribution in [0.5, 0.6) is 0 Å². The summed E-state index contributed by atoms with van der Waals surface area (Å²) in [5.41, 5.74) is 4.50. The van der Waals surface area contributed by atoms with Crippen LogP contribution >= 0.6 is 0 Å². The van der Waals surface area contributed by atoms with Crippen LogP contribution in [0.4, 0.5) is 0 Å². The zero-order valence-corrected chi connectivity index (χ0v) is 12.0. The fourth-order valence-electron chi connectivity index (χ4n) is 1.56. The predicted octanol–water partition coefficient (Wildman–Crippen LogP) is 0.0230. The highest BCUT2D eigenvalue weighted by Gasteiger charge is 2.07. The number of ether oxygens (including phenoxy) is 1. The quantitative estimate of drug-likeness (QED) is 0.667. The van der Waals surface area contributed by atoms with Crippen molar-refractivity contribution in [2.75, 3.05) is 80.7 Å². The summed E-state index contributed by atoms with van der Waals surface area (Å²) in [6.45, 7) is 8.95. The van der Waals surface area contributed by atoms with E-state index in [9.17, 15) is 0 Å². The molecule has 0 aromatic rings. The largest absolute Gasteiger partial charge is 0.379 e. The minimum absolute atomic E-state index is 0. The Hall–Kier alpha value is -0.200. The van der Waals surface area contributed by atoms with Crippen LogP contribution in [0, 0.1) is 0 Å². The molecule has 2 N–H and O–H groups in total. The van der Waals surface area contributed by atoms with Crippen LogP contribution in [0.2, 0.25) is 0 Å². The van der Waals surface area contributed by atoms with Crippen molar-refractivity contribution < 1.29 is 4.74 Å². The molecule has 0 radical (unpaired) electrons. The minimum Gasteiger partial charge on any atom is -0.379 e. The predicted molar refractivity (Wildman–Crippen MR) is 80.2 cm³/mol. The Kier molecular flexibility index (Phi) is 14.8. The lowest BCUT2D eigenvalue weighted by atomic mass is 10.4. The summed E-state index contributed by atoms with van der Waals surface area (Å²) in [4.78, 5) is 6.99. The van der Waals surface area contributed by atoms with Gasteiger partial charge in [-0.1, -0.05) is 7.43 Å². The van der Waals surface area contributed by atoms with Crippen molar-refractivity contribution in [2.45, 2.75) is 7.43 Å². The van der Waals surface area contributed by atoms with E-state index in [1.54, 1.807) is 0 Å². The Morgan fingerprint density at radius 1 is 0.667 bits per heavy atom. The topological polar surface area (TPSA) is 45.0 Å². The molecule has 2 fully saturated rings. The second kappa shape index (κ2) is 13.2. The van der Waals surface area contributed by atoms with E-state index in [0.717, 1.165) is 26.3 Å². The zero-order valence-electron chi connectivity index (χ0n) is 12.0. The molecule has 0 bridgehead atoms. The first-order chi connectivity index (χ1) is 8.18. The number of nitrogens with zero attached hydrogens (tertiary/aromatic N) is 3. The number of rotatable bonds is 0. The van der Waals surface area contributed by atoms with Crippen LogP contribution in [0.3, 0.4) is 0 Å². The Balaban J connectivity index is 0. The van der Waals surface area contributed by atoms with Gasteiger partial charge in [-0.15, -0.1) is 0 Å². The van der Waals surface area contributed by atoms with Crippen molar-refractivity contribution in [3.63, 3.8) is 0 Å². The summed E-state index contributed by atoms with van der Waals surface area (Å²) >= 11 is 0. The highest BCUT2D eigenvalue weighted by atomic mass is 16.5. The van der Waals surface area contributed by atoms with Crippen molar-refractivity contribution in [1.82, 2.24) is 14.7 Å². The van der Waals surface area contributed by atoms with Gasteiger partial charge in [0.05, 0.1) is 13.2 Å². The SMILES string of the molecule is C.CN.CN1CCN(C)CC1.CN1CCOCC1. The fraction of sp³-hybridized carbons (Fsp3) is 1.00. The number of nitrogens with two attached hydrogens (primary N) is 1. The average Bonchev–Trinajstić information content (AvgIpc) is 2.37. The fourth-order valence-corrected chi connectivity index (χ4v) is 1.56. The third kappa shape index (κ3) is 10.9. The first kappa shape index (κ1) is 20.1. The van der Waals surface area contributed by atoms with Crippen LogP contribution in [0.25, 0.3) is 0 Å². The van der Waals surface area contributed by atoms with E-state index in [0.29, 0.717) is 0 Å². The average molecular weight is 262 g/mol. The van der Waals surface area contributed by atoms with Gasteiger partial charge in [-0.3, -0.25) is 0 Å². The first-order valence-corrected chi connectivity index (χ1v) is 6.39. The Morgan fingerprint density at radius 3 is 1.17 bits per heavy atom. The van der Waals surface area contributed by atoms with Gasteiger partial charge in [-0.25, -0.2) is 0 Å². The second-order valence-electron chi connectivity index (χ2n) is 4.52. The van der Waals surface area contributed by atoms with Crippen molar-refractivity contribution in [3.8, 4) is 0 Å². The van der Waals surface area contributed by atoms with Crippen LogP contribution in [0.1, 0.15) is 7.43 Å². The molecule has 0 unspecified atom stereocenters. The monoisotopic (exact) mass is 262 g/mol. The van der Waals surface area contributed by atoms with E-state index in [4.69, 9.17) is 4.74 Å². The molecule has 0 aliphatic carbocycles. The molecule has 0 aromatic heterocycles. The first-order valence-electron chi connectivity index (χ1n) is 6.39. The smallest absolute Gasteiger partial charge is 0.0594 e. The van der Waals surface area contributed by atoms with Crippen LogP contribution in [-0.2, 0) is 4.74 Å². The van der Waals surface area contributed by atoms with Crippen LogP contribution in [-0.4, -0.2) is 95.4 Å². The normalized spacial score (nSPS) is 21.8. The van der Waals surface area contributed by atoms with Crippen molar-refractivity contribution >= 4 is 0 Å². The zero-order chi connectivity index (χ0) is 13.1. The van der Waals surface area contributed by atoms with Gasteiger partial charge in [-0.05, 0) is 28.2 Å². The number of morpholine rings is 1. The van der Waals surface area contributed by atoms with Crippen molar-refractivity contribution in [1.29, 1.82) is 0 Å². The number of piperazine rings is 1. The molecule has 0 saturated carbocycles. The molecule has 112 valence electrons. The maximum atomic E-state index is 5.10. The molecule has 2 aliphatic heterocycles. The Labute approximate surface area is 114 Å². The third-order valence-electron chi connectivity index (χ3n) is 2.96. The highest BCUT2D eigenvalue weighted by molar-refractivity contribution is 4.64. The van der Waals surface area contributed by atoms with Crippen LogP contribution in [0.15, 0.2) is 0 Å². The summed E-state index contributed by atoms with van der Waals surface area (Å²) < 4.78 is 5.10. The summed E-state index contributed by atoms with van der Waals surface area (Å²) in [5.74, 6) is 0. The molecule has 0 atom stereocenters. The Morgan fingerprint density at radius 2 is 0.944 bits per heavy atom. The number of likely N-dealkylation sites (N-methyl/N-ethyl adjacent to an activating group) is 3. The lowest BCUT2D eigenvalue weighted by molar-refractivity contribution is 0.0503. The van der Waals surface area contributed by atoms with E-state index < -0.39 is 0 Å². The van der Waals surface area contributed by atoms with E-state index in [1.165, 1.54) is 33.2 Å². The third-order valence-corrected chi connectivity index (χ3v) is 2.96. The van der Waals surface area contributed by atoms with Gasteiger partial charge >= 0.3 is 0 Å². The minimum atomic E-state index is 0. The van der Waals surface area contributed by atoms with E-state index in [1.807, 2.05) is 0 Å². The van der Waals surface area contributed by atoms with Crippen LogP contribution < -0.4 is 5.73 Å². The maximum Gasteiger partial charge on any atom is 0.0594 e. The second-order valence-corrected chi connectivity index (χ2v) is 4.52. The molecule has 2 aliphatic rings. The van der Waals surface area contributed by atoms with Gasteiger partial charge in [0.1, 0.15) is 0 Å². The molecular formula is C13H34N4O. The molecule has 18 heavy (non-hydrogen) atoms. The summed E-state index contributed by atoms with van der Waals surface area (Å²) in [6, 6.07) is 0. The number of hydrogen-bond donors (Lipinski definition) is 1. The van der Waals surface area contributed by atoms with E-state index in [2.05, 4.69) is 41.6 Å². The molecule has 0 spiro atoms. The lowest BCUT2D eigenvalue weighted by Crippen LogP contribution is -2.42. The van der Waals surface area contributed by atoms with E-state index >= 15 is 0 Å². The van der Waals surface area contributed by atoms with Crippen molar-refractivity contribution in [3.05, 3.63) is 0 Å². The number of hydrogen-bond acceptors (Lipinski definition) is 5. The molecule has 2 saturated heterocycles. The molecular weight excluding hydrogens is 228 g/mol. The molecule has 5 heteroatoms. The van der Waals surface area contributed by atoms with E-state index in [-0.39, 0.29) is 7.43 Å². The van der Waals surface area contributed by atoms with Gasteiger partial charge < -0.3 is 25.2 Å². The highest BCUT2D eigenvalue weighted by Crippen LogP contribution is 1.93. The standard InChI is InChI=1S/C6H14N2.C5H11NO.CH5N.CH4/c1-7-3-5-8(2)6-4-7;1-6-2-4-7-5-3-6;1-2;/h3-6H2,1-2H3;2-5H2,1H3;2H2,1H3;1H4. The molecule has 0 aromatic carbocycles. The van der Waals surface area contributed by atoms with Gasteiger partial charge in [0.15, 0.2) is 0 Å². The molecule has 0 amide bonds. The molecule has 5 nitrogen and oxygen atoms in total. The summed E-state index contributed by atoms with van der Waals surface area (Å²) in [7, 11) is 7.96. The van der Waals surface area contributed by atoms with Gasteiger partial charge in [0.2, 0.25) is 0 Å². The lowest BCUT2D eigenvalue weighted by Gasteiger charge is -2.28. The van der Waals surface area contributed by atoms with Gasteiger partial charge in [0.25, 0.3) is 0 Å². The van der Waals surface area contributed by atoms with Gasteiger partial charge in [-0.2, -0.15) is 0 Å². The summed E-state index contributed by atoms with van der Waals surface area (Å²) in [5, 5.41) is 0. The van der Waals surface area contributed by atoms with Gasteiger partial charge in [0, 0.05) is 39.3 Å². The maximum absolute atomic E-state index is 5.10. The Bertz CT molecular complexity index is 145. The molecule has 2 rings (SSSR count).